The Bertz CT molecular complexity index is 261. The SMILES string of the molecule is CCCNC(CSc1ncc[nH]1)C(C)CC. The van der Waals surface area contributed by atoms with Crippen LogP contribution < -0.4 is 5.32 Å². The zero-order chi connectivity index (χ0) is 11.8. The highest BCUT2D eigenvalue weighted by atomic mass is 32.2. The van der Waals surface area contributed by atoms with Gasteiger partial charge in [-0.2, -0.15) is 0 Å². The monoisotopic (exact) mass is 241 g/mol. The quantitative estimate of drug-likeness (QED) is 0.688. The number of rotatable bonds is 8. The number of H-pyrrole nitrogens is 1. The molecular weight excluding hydrogens is 218 g/mol. The molecule has 2 atom stereocenters. The lowest BCUT2D eigenvalue weighted by Gasteiger charge is -2.23. The van der Waals surface area contributed by atoms with E-state index < -0.39 is 0 Å². The van der Waals surface area contributed by atoms with Crippen molar-refractivity contribution in [3.05, 3.63) is 12.4 Å². The molecule has 0 aliphatic carbocycles. The standard InChI is InChI=1S/C12H23N3S/c1-4-6-13-11(10(3)5-2)9-16-12-14-7-8-15-12/h7-8,10-11,13H,4-6,9H2,1-3H3,(H,14,15). The molecule has 2 unspecified atom stereocenters. The maximum Gasteiger partial charge on any atom is 0.165 e. The van der Waals surface area contributed by atoms with Crippen molar-refractivity contribution in [1.29, 1.82) is 0 Å². The summed E-state index contributed by atoms with van der Waals surface area (Å²) >= 11 is 1.80. The van der Waals surface area contributed by atoms with Crippen molar-refractivity contribution in [2.45, 2.75) is 44.8 Å². The molecule has 0 fully saturated rings. The third-order valence-electron chi connectivity index (χ3n) is 2.86. The van der Waals surface area contributed by atoms with E-state index in [2.05, 4.69) is 36.1 Å². The van der Waals surface area contributed by atoms with E-state index in [4.69, 9.17) is 0 Å². The predicted octanol–water partition coefficient (Wildman–Crippen LogP) is 2.92. The fraction of sp³-hybridized carbons (Fsp3) is 0.750. The molecule has 0 spiro atoms. The predicted molar refractivity (Wildman–Crippen MR) is 70.8 cm³/mol. The smallest absolute Gasteiger partial charge is 0.165 e. The second-order valence-corrected chi connectivity index (χ2v) is 5.16. The Balaban J connectivity index is 2.37. The highest BCUT2D eigenvalue weighted by Crippen LogP contribution is 2.18. The molecule has 1 aromatic rings. The van der Waals surface area contributed by atoms with Crippen LogP contribution in [-0.4, -0.2) is 28.3 Å². The van der Waals surface area contributed by atoms with Crippen molar-refractivity contribution in [1.82, 2.24) is 15.3 Å². The van der Waals surface area contributed by atoms with Crippen LogP contribution in [0.5, 0.6) is 0 Å². The average Bonchev–Trinajstić information content (AvgIpc) is 2.81. The fourth-order valence-corrected chi connectivity index (χ4v) is 2.61. The number of imidazole rings is 1. The Kier molecular flexibility index (Phi) is 6.57. The van der Waals surface area contributed by atoms with Gasteiger partial charge in [-0.05, 0) is 18.9 Å². The summed E-state index contributed by atoms with van der Waals surface area (Å²) in [6, 6.07) is 0.583. The maximum absolute atomic E-state index is 4.23. The topological polar surface area (TPSA) is 40.7 Å². The van der Waals surface area contributed by atoms with Crippen molar-refractivity contribution < 1.29 is 0 Å². The summed E-state index contributed by atoms with van der Waals surface area (Å²) in [5.41, 5.74) is 0. The molecule has 0 saturated carbocycles. The zero-order valence-electron chi connectivity index (χ0n) is 10.5. The highest BCUT2D eigenvalue weighted by molar-refractivity contribution is 7.99. The maximum atomic E-state index is 4.23. The van der Waals surface area contributed by atoms with E-state index in [1.165, 1.54) is 12.8 Å². The van der Waals surface area contributed by atoms with Gasteiger partial charge in [0.25, 0.3) is 0 Å². The van der Waals surface area contributed by atoms with Crippen LogP contribution in [0.25, 0.3) is 0 Å². The molecule has 1 rings (SSSR count). The van der Waals surface area contributed by atoms with Crippen LogP contribution in [0.2, 0.25) is 0 Å². The van der Waals surface area contributed by atoms with Crippen LogP contribution in [0.1, 0.15) is 33.6 Å². The molecule has 2 N–H and O–H groups in total. The summed E-state index contributed by atoms with van der Waals surface area (Å²) in [6.45, 7) is 7.88. The first-order valence-corrected chi connectivity index (χ1v) is 7.12. The normalized spacial score (nSPS) is 14.9. The van der Waals surface area contributed by atoms with E-state index in [-0.39, 0.29) is 0 Å². The van der Waals surface area contributed by atoms with E-state index in [0.717, 1.165) is 17.5 Å². The number of nitrogens with one attached hydrogen (secondary N) is 2. The fourth-order valence-electron chi connectivity index (χ4n) is 1.54. The molecule has 0 bridgehead atoms. The highest BCUT2D eigenvalue weighted by Gasteiger charge is 2.15. The molecular formula is C12H23N3S. The van der Waals surface area contributed by atoms with Crippen LogP contribution in [0.15, 0.2) is 17.6 Å². The van der Waals surface area contributed by atoms with Crippen LogP contribution >= 0.6 is 11.8 Å². The Morgan fingerprint density at radius 3 is 2.88 bits per heavy atom. The summed E-state index contributed by atoms with van der Waals surface area (Å²) in [4.78, 5) is 7.36. The summed E-state index contributed by atoms with van der Waals surface area (Å²) in [7, 11) is 0. The lowest BCUT2D eigenvalue weighted by atomic mass is 10.0. The molecule has 4 heteroatoms. The lowest BCUT2D eigenvalue weighted by Crippen LogP contribution is -2.37. The Hall–Kier alpha value is -0.480. The van der Waals surface area contributed by atoms with Crippen molar-refractivity contribution in [3.8, 4) is 0 Å². The molecule has 3 nitrogen and oxygen atoms in total. The molecule has 0 amide bonds. The lowest BCUT2D eigenvalue weighted by molar-refractivity contribution is 0.397. The van der Waals surface area contributed by atoms with E-state index in [0.29, 0.717) is 12.0 Å². The summed E-state index contributed by atoms with van der Waals surface area (Å²) < 4.78 is 0. The van der Waals surface area contributed by atoms with Gasteiger partial charge in [0.2, 0.25) is 0 Å². The van der Waals surface area contributed by atoms with Gasteiger partial charge >= 0.3 is 0 Å². The van der Waals surface area contributed by atoms with E-state index in [9.17, 15) is 0 Å². The molecule has 92 valence electrons. The molecule has 16 heavy (non-hydrogen) atoms. The number of aromatic nitrogens is 2. The minimum absolute atomic E-state index is 0.583. The van der Waals surface area contributed by atoms with E-state index in [1.54, 1.807) is 18.0 Å². The molecule has 0 aliphatic rings. The minimum atomic E-state index is 0.583. The van der Waals surface area contributed by atoms with Gasteiger partial charge in [-0.25, -0.2) is 4.98 Å². The van der Waals surface area contributed by atoms with Crippen molar-refractivity contribution >= 4 is 11.8 Å². The first-order chi connectivity index (χ1) is 7.77. The number of hydrogen-bond acceptors (Lipinski definition) is 3. The Morgan fingerprint density at radius 2 is 2.31 bits per heavy atom. The molecule has 1 heterocycles. The second-order valence-electron chi connectivity index (χ2n) is 4.15. The van der Waals surface area contributed by atoms with Crippen LogP contribution in [0.3, 0.4) is 0 Å². The van der Waals surface area contributed by atoms with Gasteiger partial charge in [0.15, 0.2) is 5.16 Å². The molecule has 1 aromatic heterocycles. The van der Waals surface area contributed by atoms with Gasteiger partial charge in [-0.3, -0.25) is 0 Å². The summed E-state index contributed by atoms with van der Waals surface area (Å²) in [5, 5.41) is 4.64. The largest absolute Gasteiger partial charge is 0.340 e. The van der Waals surface area contributed by atoms with E-state index in [1.807, 2.05) is 6.20 Å². The van der Waals surface area contributed by atoms with Gasteiger partial charge in [0.1, 0.15) is 0 Å². The summed E-state index contributed by atoms with van der Waals surface area (Å²) in [5.74, 6) is 1.80. The average molecular weight is 241 g/mol. The number of hydrogen-bond donors (Lipinski definition) is 2. The Morgan fingerprint density at radius 1 is 1.50 bits per heavy atom. The van der Waals surface area contributed by atoms with Gasteiger partial charge in [0.05, 0.1) is 0 Å². The first-order valence-electron chi connectivity index (χ1n) is 6.13. The third-order valence-corrected chi connectivity index (χ3v) is 3.88. The first kappa shape index (κ1) is 13.6. The van der Waals surface area contributed by atoms with Crippen LogP contribution in [-0.2, 0) is 0 Å². The minimum Gasteiger partial charge on any atom is -0.340 e. The van der Waals surface area contributed by atoms with Gasteiger partial charge in [0, 0.05) is 24.2 Å². The van der Waals surface area contributed by atoms with Crippen molar-refractivity contribution in [2.75, 3.05) is 12.3 Å². The molecule has 0 aliphatic heterocycles. The van der Waals surface area contributed by atoms with E-state index >= 15 is 0 Å². The van der Waals surface area contributed by atoms with Gasteiger partial charge in [-0.1, -0.05) is 39.0 Å². The summed E-state index contributed by atoms with van der Waals surface area (Å²) in [6.07, 6.45) is 6.10. The van der Waals surface area contributed by atoms with Crippen LogP contribution in [0.4, 0.5) is 0 Å². The number of aromatic amines is 1. The number of nitrogens with zero attached hydrogens (tertiary/aromatic N) is 1. The zero-order valence-corrected chi connectivity index (χ0v) is 11.3. The van der Waals surface area contributed by atoms with Crippen LogP contribution in [0, 0.1) is 5.92 Å². The molecule has 0 saturated heterocycles. The van der Waals surface area contributed by atoms with Crippen molar-refractivity contribution in [3.63, 3.8) is 0 Å². The second kappa shape index (κ2) is 7.74. The van der Waals surface area contributed by atoms with Gasteiger partial charge in [-0.15, -0.1) is 0 Å². The van der Waals surface area contributed by atoms with Gasteiger partial charge < -0.3 is 10.3 Å². The number of thioether (sulfide) groups is 1. The Labute approximate surface area is 103 Å². The molecule has 0 aromatic carbocycles. The third kappa shape index (κ3) is 4.58. The molecule has 0 radical (unpaired) electrons. The van der Waals surface area contributed by atoms with Crippen molar-refractivity contribution in [2.24, 2.45) is 5.92 Å².